The molecule has 8 unspecified atom stereocenters. The molecule has 3 fully saturated rings. The van der Waals surface area contributed by atoms with Crippen molar-refractivity contribution in [1.29, 1.82) is 0 Å². The van der Waals surface area contributed by atoms with Crippen molar-refractivity contribution in [3.8, 4) is 0 Å². The highest BCUT2D eigenvalue weighted by atomic mass is 31.1. The lowest BCUT2D eigenvalue weighted by molar-refractivity contribution is -0.255. The Kier molecular flexibility index (Phi) is 12.2. The predicted octanol–water partition coefficient (Wildman–Crippen LogP) is 5.28. The van der Waals surface area contributed by atoms with Crippen molar-refractivity contribution in [3.63, 3.8) is 0 Å². The molecule has 4 aliphatic rings. The number of hydrogen-bond donors (Lipinski definition) is 5. The highest BCUT2D eigenvalue weighted by molar-refractivity contribution is 7.33. The molecule has 0 radical (unpaired) electrons. The number of aliphatic hydroxyl groups excluding tert-OH is 4. The van der Waals surface area contributed by atoms with Crippen molar-refractivity contribution in [3.05, 3.63) is 11.6 Å². The van der Waals surface area contributed by atoms with Gasteiger partial charge in [0.05, 0.1) is 12.7 Å². The number of carboxylic acid groups (broad SMARTS) is 1. The third kappa shape index (κ3) is 7.65. The van der Waals surface area contributed by atoms with Crippen LogP contribution in [0.15, 0.2) is 11.6 Å². The Morgan fingerprint density at radius 2 is 1.73 bits per heavy atom. The maximum Gasteiger partial charge on any atom is 0.347 e. The lowest BCUT2D eigenvalue weighted by Crippen LogP contribution is -2.51. The second kappa shape index (κ2) is 14.9. The SMILES string of the molecule is CC(C)CCC[C@@H](C)[C@H]1CCC2C3CC=C4C[C@@H](OO[PH](=O)OCC(O)C(O)C(O)C(O)C(=O)O)CC[C@]4(C)C3CC[C@@]21C. The molecule has 0 aromatic carbocycles. The summed E-state index contributed by atoms with van der Waals surface area (Å²) in [6.45, 7) is 11.5. The molecule has 13 atom stereocenters. The average Bonchev–Trinajstić information content (AvgIpc) is 3.34. The van der Waals surface area contributed by atoms with E-state index in [4.69, 9.17) is 19.2 Å². The first-order chi connectivity index (χ1) is 20.7. The molecule has 10 nitrogen and oxygen atoms in total. The average molecular weight is 645 g/mol. The smallest absolute Gasteiger partial charge is 0.347 e. The number of fused-ring (bicyclic) bond motifs is 5. The van der Waals surface area contributed by atoms with Crippen LogP contribution < -0.4 is 0 Å². The van der Waals surface area contributed by atoms with Crippen LogP contribution in [0.3, 0.4) is 0 Å². The molecular formula is C33H57O10P. The van der Waals surface area contributed by atoms with Crippen LogP contribution in [0, 0.1) is 46.3 Å². The van der Waals surface area contributed by atoms with E-state index in [1.807, 2.05) is 0 Å². The zero-order valence-corrected chi connectivity index (χ0v) is 28.2. The summed E-state index contributed by atoms with van der Waals surface area (Å²) in [4.78, 5) is 16.3. The maximum absolute atomic E-state index is 12.3. The van der Waals surface area contributed by atoms with Gasteiger partial charge in [-0.25, -0.2) is 9.68 Å². The van der Waals surface area contributed by atoms with Crippen molar-refractivity contribution in [2.75, 3.05) is 6.61 Å². The zero-order chi connectivity index (χ0) is 32.4. The van der Waals surface area contributed by atoms with Gasteiger partial charge in [0.15, 0.2) is 6.10 Å². The first-order valence-corrected chi connectivity index (χ1v) is 18.1. The van der Waals surface area contributed by atoms with E-state index in [1.54, 1.807) is 0 Å². The van der Waals surface area contributed by atoms with Gasteiger partial charge in [-0.15, -0.1) is 0 Å². The van der Waals surface area contributed by atoms with E-state index >= 15 is 0 Å². The Morgan fingerprint density at radius 1 is 1.00 bits per heavy atom. The Labute approximate surface area is 263 Å². The summed E-state index contributed by atoms with van der Waals surface area (Å²) in [5, 5.41) is 47.5. The van der Waals surface area contributed by atoms with E-state index in [-0.39, 0.29) is 11.5 Å². The Hall–Kier alpha value is -0.840. The van der Waals surface area contributed by atoms with Crippen molar-refractivity contribution >= 4 is 14.2 Å². The summed E-state index contributed by atoms with van der Waals surface area (Å²) in [6, 6.07) is 0. The highest BCUT2D eigenvalue weighted by Gasteiger charge is 2.59. The number of rotatable bonds is 15. The van der Waals surface area contributed by atoms with Crippen LogP contribution in [-0.2, 0) is 23.4 Å². The van der Waals surface area contributed by atoms with E-state index in [1.165, 1.54) is 50.5 Å². The first kappa shape index (κ1) is 36.0. The summed E-state index contributed by atoms with van der Waals surface area (Å²) < 4.78 is 22.2. The van der Waals surface area contributed by atoms with Crippen molar-refractivity contribution in [2.24, 2.45) is 46.3 Å². The standard InChI is InChI=1S/C33H57O10P/c1-19(2)7-6-8-20(3)24-11-12-25-23-10-9-21-17-22(13-15-32(21,4)26(23)14-16-33(24,25)5)42-43-44(40)41-18-27(34)28(35)29(36)30(37)31(38)39/h9,19-20,22-30,34-37,44H,6-8,10-18H2,1-5H3,(H,38,39)/t20-,22+,23?,24-,25?,26?,27?,28?,29?,30?,32+,33-/m1/s1. The van der Waals surface area contributed by atoms with E-state index in [9.17, 15) is 29.8 Å². The molecule has 4 aliphatic carbocycles. The van der Waals surface area contributed by atoms with Crippen LogP contribution in [0.1, 0.15) is 105 Å². The number of aliphatic hydroxyl groups is 4. The van der Waals surface area contributed by atoms with Gasteiger partial charge in [-0.2, -0.15) is 4.67 Å². The molecule has 0 aliphatic heterocycles. The topological polar surface area (TPSA) is 163 Å². The molecule has 44 heavy (non-hydrogen) atoms. The fraction of sp³-hybridized carbons (Fsp3) is 0.909. The minimum absolute atomic E-state index is 0.133. The monoisotopic (exact) mass is 644 g/mol. The van der Waals surface area contributed by atoms with E-state index in [0.29, 0.717) is 17.8 Å². The molecule has 11 heteroatoms. The molecular weight excluding hydrogens is 587 g/mol. The maximum atomic E-state index is 12.3. The Bertz CT molecular complexity index is 1040. The lowest BCUT2D eigenvalue weighted by atomic mass is 9.47. The van der Waals surface area contributed by atoms with Gasteiger partial charge in [-0.1, -0.05) is 65.5 Å². The number of carboxylic acids is 1. The van der Waals surface area contributed by atoms with Crippen LogP contribution in [-0.4, -0.2) is 68.6 Å². The summed E-state index contributed by atoms with van der Waals surface area (Å²) in [6.07, 6.45) is 6.80. The molecule has 254 valence electrons. The van der Waals surface area contributed by atoms with E-state index < -0.39 is 45.2 Å². The fourth-order valence-electron chi connectivity index (χ4n) is 9.68. The van der Waals surface area contributed by atoms with Gasteiger partial charge in [0, 0.05) is 0 Å². The van der Waals surface area contributed by atoms with E-state index in [0.717, 1.165) is 48.9 Å². The summed E-state index contributed by atoms with van der Waals surface area (Å²) in [7, 11) is -3.20. The molecule has 0 saturated heterocycles. The summed E-state index contributed by atoms with van der Waals surface area (Å²) in [5.41, 5.74) is 1.98. The molecule has 0 heterocycles. The minimum Gasteiger partial charge on any atom is -0.479 e. The second-order valence-corrected chi connectivity index (χ2v) is 16.2. The largest absolute Gasteiger partial charge is 0.479 e. The van der Waals surface area contributed by atoms with Crippen molar-refractivity contribution < 1.29 is 49.0 Å². The van der Waals surface area contributed by atoms with Gasteiger partial charge < -0.3 is 30.1 Å². The van der Waals surface area contributed by atoms with Crippen LogP contribution in [0.2, 0.25) is 0 Å². The van der Waals surface area contributed by atoms with Gasteiger partial charge in [-0.05, 0) is 97.7 Å². The highest BCUT2D eigenvalue weighted by Crippen LogP contribution is 2.67. The first-order valence-electron chi connectivity index (χ1n) is 16.8. The van der Waals surface area contributed by atoms with Crippen LogP contribution in [0.4, 0.5) is 0 Å². The number of carbonyl (C=O) groups is 1. The quantitative estimate of drug-likeness (QED) is 0.0686. The van der Waals surface area contributed by atoms with Crippen molar-refractivity contribution in [1.82, 2.24) is 0 Å². The zero-order valence-electron chi connectivity index (χ0n) is 27.2. The Balaban J connectivity index is 1.27. The summed E-state index contributed by atoms with van der Waals surface area (Å²) >= 11 is 0. The summed E-state index contributed by atoms with van der Waals surface area (Å²) in [5.74, 6) is 2.83. The third-order valence-electron chi connectivity index (χ3n) is 12.2. The van der Waals surface area contributed by atoms with Crippen molar-refractivity contribution in [2.45, 2.75) is 136 Å². The molecule has 4 rings (SSSR count). The van der Waals surface area contributed by atoms with Crippen LogP contribution >= 0.6 is 8.25 Å². The molecule has 0 aromatic heterocycles. The third-order valence-corrected chi connectivity index (χ3v) is 12.8. The van der Waals surface area contributed by atoms with E-state index in [2.05, 4.69) is 40.7 Å². The van der Waals surface area contributed by atoms with Gasteiger partial charge in [0.1, 0.15) is 18.3 Å². The second-order valence-electron chi connectivity index (χ2n) is 15.2. The normalized spacial score (nSPS) is 37.6. The number of allylic oxidation sites excluding steroid dienone is 1. The predicted molar refractivity (Wildman–Crippen MR) is 166 cm³/mol. The van der Waals surface area contributed by atoms with Crippen LogP contribution in [0.5, 0.6) is 0 Å². The molecule has 0 bridgehead atoms. The van der Waals surface area contributed by atoms with Gasteiger partial charge in [0.2, 0.25) is 0 Å². The minimum atomic E-state index is -3.20. The van der Waals surface area contributed by atoms with Crippen LogP contribution in [0.25, 0.3) is 0 Å². The molecule has 0 aromatic rings. The molecule has 5 N–H and O–H groups in total. The number of hydrogen-bond acceptors (Lipinski definition) is 9. The Morgan fingerprint density at radius 3 is 2.41 bits per heavy atom. The molecule has 3 saturated carbocycles. The fourth-order valence-corrected chi connectivity index (χ4v) is 10.2. The lowest BCUT2D eigenvalue weighted by Gasteiger charge is -2.58. The molecule has 0 amide bonds. The van der Waals surface area contributed by atoms with Gasteiger partial charge >= 0.3 is 14.2 Å². The van der Waals surface area contributed by atoms with Gasteiger partial charge in [-0.3, -0.25) is 4.57 Å². The number of aliphatic carboxylic acids is 1. The molecule has 0 spiro atoms. The van der Waals surface area contributed by atoms with Gasteiger partial charge in [0.25, 0.3) is 0 Å².